The van der Waals surface area contributed by atoms with Crippen LogP contribution in [0.25, 0.3) is 21.9 Å². The van der Waals surface area contributed by atoms with Crippen LogP contribution in [0.3, 0.4) is 0 Å². The summed E-state index contributed by atoms with van der Waals surface area (Å²) in [6.45, 7) is -0.173. The molecule has 1 aliphatic heterocycles. The first-order valence-electron chi connectivity index (χ1n) is 10.8. The van der Waals surface area contributed by atoms with E-state index >= 15 is 8.78 Å². The summed E-state index contributed by atoms with van der Waals surface area (Å²) in [4.78, 5) is 29.4. The molecule has 0 aliphatic carbocycles. The van der Waals surface area contributed by atoms with Gasteiger partial charge in [-0.05, 0) is 24.3 Å². The van der Waals surface area contributed by atoms with Crippen LogP contribution in [0.5, 0.6) is 0 Å². The quantitative estimate of drug-likeness (QED) is 0.408. The van der Waals surface area contributed by atoms with E-state index in [9.17, 15) is 14.7 Å². The number of rotatable bonds is 4. The van der Waals surface area contributed by atoms with E-state index in [1.54, 1.807) is 25.4 Å². The number of nitrogens with zero attached hydrogens (tertiary/aromatic N) is 3. The largest absolute Gasteiger partial charge is 0.480 e. The second-order valence-corrected chi connectivity index (χ2v) is 8.57. The van der Waals surface area contributed by atoms with Gasteiger partial charge in [0.25, 0.3) is 5.56 Å². The maximum Gasteiger partial charge on any atom is 0.327 e. The third-order valence-corrected chi connectivity index (χ3v) is 6.67. The fourth-order valence-electron chi connectivity index (χ4n) is 5.11. The molecule has 5 aromatic rings. The Labute approximate surface area is 196 Å². The van der Waals surface area contributed by atoms with Crippen molar-refractivity contribution in [2.45, 2.75) is 18.5 Å². The molecule has 0 saturated carbocycles. The third-order valence-electron chi connectivity index (χ3n) is 6.67. The predicted octanol–water partition coefficient (Wildman–Crippen LogP) is 3.89. The fraction of sp³-hybridized carbons (Fsp3) is 0.160. The molecule has 176 valence electrons. The standard InChI is InChI=1S/C25H18F2N4O4/c1-30-18-8-16(26)13(7-12(18)10-29-30)11-31-19-9-17(27)14-4-6-35-23(14)21(19)20(22(31)25(33)34)15-3-2-5-28-24(15)32/h2-10,20,22H,11H2,1H3,(H,28,32)(H,33,34). The maximum absolute atomic E-state index is 15.1. The zero-order valence-corrected chi connectivity index (χ0v) is 18.3. The van der Waals surface area contributed by atoms with Crippen molar-refractivity contribution < 1.29 is 23.1 Å². The van der Waals surface area contributed by atoms with E-state index in [4.69, 9.17) is 4.42 Å². The molecule has 3 aromatic heterocycles. The van der Waals surface area contributed by atoms with E-state index in [1.165, 1.54) is 46.3 Å². The van der Waals surface area contributed by atoms with Crippen molar-refractivity contribution in [2.75, 3.05) is 4.90 Å². The van der Waals surface area contributed by atoms with Crippen molar-refractivity contribution in [3.63, 3.8) is 0 Å². The SMILES string of the molecule is Cn1ncc2cc(CN3c4cc(F)c5ccoc5c4C(c4ccc[nH]c4=O)C3C(=O)O)c(F)cc21. The number of anilines is 1. The predicted molar refractivity (Wildman–Crippen MR) is 123 cm³/mol. The molecule has 4 heterocycles. The minimum Gasteiger partial charge on any atom is -0.480 e. The van der Waals surface area contributed by atoms with Crippen LogP contribution in [-0.4, -0.2) is 31.9 Å². The molecule has 0 radical (unpaired) electrons. The number of carboxylic acid groups (broad SMARTS) is 1. The average Bonchev–Trinajstić information content (AvgIpc) is 3.52. The molecule has 1 aliphatic rings. The maximum atomic E-state index is 15.1. The molecule has 6 rings (SSSR count). The Balaban J connectivity index is 1.59. The summed E-state index contributed by atoms with van der Waals surface area (Å²) in [5.41, 5.74) is 1.28. The third kappa shape index (κ3) is 3.06. The number of furan rings is 1. The summed E-state index contributed by atoms with van der Waals surface area (Å²) < 4.78 is 37.3. The molecule has 0 fully saturated rings. The second-order valence-electron chi connectivity index (χ2n) is 8.57. The molecular weight excluding hydrogens is 458 g/mol. The Bertz CT molecular complexity index is 1700. The van der Waals surface area contributed by atoms with Gasteiger partial charge in [0.1, 0.15) is 23.3 Å². The number of H-pyrrole nitrogens is 1. The first-order valence-corrected chi connectivity index (χ1v) is 10.8. The van der Waals surface area contributed by atoms with Crippen LogP contribution < -0.4 is 10.5 Å². The molecular formula is C25H18F2N4O4. The first kappa shape index (κ1) is 21.1. The van der Waals surface area contributed by atoms with Crippen LogP contribution in [0.2, 0.25) is 0 Å². The molecule has 0 spiro atoms. The highest BCUT2D eigenvalue weighted by Gasteiger charge is 2.47. The lowest BCUT2D eigenvalue weighted by atomic mass is 9.87. The number of nitrogens with one attached hydrogen (secondary N) is 1. The zero-order valence-electron chi connectivity index (χ0n) is 18.3. The summed E-state index contributed by atoms with van der Waals surface area (Å²) in [5.74, 6) is -3.37. The summed E-state index contributed by atoms with van der Waals surface area (Å²) >= 11 is 0. The van der Waals surface area contributed by atoms with Crippen molar-refractivity contribution in [3.8, 4) is 0 Å². The molecule has 0 saturated heterocycles. The zero-order chi connectivity index (χ0) is 24.4. The van der Waals surface area contributed by atoms with Crippen LogP contribution in [0.4, 0.5) is 14.5 Å². The van der Waals surface area contributed by atoms with E-state index in [2.05, 4.69) is 10.1 Å². The Morgan fingerprint density at radius 1 is 1.23 bits per heavy atom. The number of pyridine rings is 1. The number of aliphatic carboxylic acids is 1. The number of benzene rings is 2. The van der Waals surface area contributed by atoms with Crippen molar-refractivity contribution in [1.29, 1.82) is 0 Å². The molecule has 10 heteroatoms. The van der Waals surface area contributed by atoms with E-state index < -0.39 is 35.1 Å². The molecule has 35 heavy (non-hydrogen) atoms. The lowest BCUT2D eigenvalue weighted by Crippen LogP contribution is -2.42. The number of aromatic amines is 1. The minimum atomic E-state index is -1.31. The molecule has 2 atom stereocenters. The number of halogens is 2. The summed E-state index contributed by atoms with van der Waals surface area (Å²) in [6.07, 6.45) is 4.35. The molecule has 2 unspecified atom stereocenters. The smallest absolute Gasteiger partial charge is 0.327 e. The van der Waals surface area contributed by atoms with Crippen molar-refractivity contribution in [2.24, 2.45) is 7.05 Å². The minimum absolute atomic E-state index is 0.158. The van der Waals surface area contributed by atoms with E-state index in [0.717, 1.165) is 0 Å². The Morgan fingerprint density at radius 2 is 2.06 bits per heavy atom. The van der Waals surface area contributed by atoms with Crippen LogP contribution in [0.15, 0.2) is 64.3 Å². The number of aryl methyl sites for hydroxylation is 1. The lowest BCUT2D eigenvalue weighted by Gasteiger charge is -2.27. The molecule has 0 amide bonds. The van der Waals surface area contributed by atoms with Gasteiger partial charge >= 0.3 is 5.97 Å². The van der Waals surface area contributed by atoms with Crippen molar-refractivity contribution >= 4 is 33.5 Å². The number of aromatic nitrogens is 3. The van der Waals surface area contributed by atoms with Gasteiger partial charge in [-0.15, -0.1) is 0 Å². The monoisotopic (exact) mass is 476 g/mol. The molecule has 0 bridgehead atoms. The number of carbonyl (C=O) groups is 1. The van der Waals surface area contributed by atoms with Gasteiger partial charge in [0.2, 0.25) is 0 Å². The molecule has 2 N–H and O–H groups in total. The van der Waals surface area contributed by atoms with Crippen LogP contribution in [0, 0.1) is 11.6 Å². The Morgan fingerprint density at radius 3 is 2.83 bits per heavy atom. The highest BCUT2D eigenvalue weighted by atomic mass is 19.1. The van der Waals surface area contributed by atoms with E-state index in [1.807, 2.05) is 0 Å². The normalized spacial score (nSPS) is 17.4. The average molecular weight is 476 g/mol. The summed E-state index contributed by atoms with van der Waals surface area (Å²) in [7, 11) is 1.69. The van der Waals surface area contributed by atoms with Gasteiger partial charge < -0.3 is 19.4 Å². The van der Waals surface area contributed by atoms with Gasteiger partial charge in [0, 0.05) is 53.6 Å². The van der Waals surface area contributed by atoms with E-state index in [0.29, 0.717) is 16.5 Å². The number of hydrogen-bond acceptors (Lipinski definition) is 5. The van der Waals surface area contributed by atoms with E-state index in [-0.39, 0.29) is 34.3 Å². The molecule has 8 nitrogen and oxygen atoms in total. The number of hydrogen-bond donors (Lipinski definition) is 2. The Hall–Kier alpha value is -4.47. The van der Waals surface area contributed by atoms with Crippen molar-refractivity contribution in [1.82, 2.24) is 14.8 Å². The first-order chi connectivity index (χ1) is 16.8. The van der Waals surface area contributed by atoms with Gasteiger partial charge in [0.15, 0.2) is 0 Å². The highest BCUT2D eigenvalue weighted by molar-refractivity contribution is 5.94. The summed E-state index contributed by atoms with van der Waals surface area (Å²) in [6, 6.07) is 7.42. The lowest BCUT2D eigenvalue weighted by molar-refractivity contribution is -0.138. The van der Waals surface area contributed by atoms with Crippen LogP contribution in [-0.2, 0) is 18.4 Å². The van der Waals surface area contributed by atoms with Gasteiger partial charge in [-0.25, -0.2) is 13.6 Å². The van der Waals surface area contributed by atoms with Crippen molar-refractivity contribution in [3.05, 3.63) is 93.7 Å². The number of fused-ring (bicyclic) bond motifs is 4. The topological polar surface area (TPSA) is 104 Å². The van der Waals surface area contributed by atoms with Gasteiger partial charge in [-0.2, -0.15) is 5.10 Å². The van der Waals surface area contributed by atoms with Gasteiger partial charge in [-0.1, -0.05) is 6.07 Å². The second kappa shape index (κ2) is 7.52. The van der Waals surface area contributed by atoms with Crippen LogP contribution >= 0.6 is 0 Å². The number of carboxylic acids is 1. The fourth-order valence-corrected chi connectivity index (χ4v) is 5.11. The molecule has 2 aromatic carbocycles. The van der Waals surface area contributed by atoms with Gasteiger partial charge in [0.05, 0.1) is 29.3 Å². The highest BCUT2D eigenvalue weighted by Crippen LogP contribution is 2.49. The Kier molecular flexibility index (Phi) is 4.53. The van der Waals surface area contributed by atoms with Crippen LogP contribution in [0.1, 0.15) is 22.6 Å². The van der Waals surface area contributed by atoms with Gasteiger partial charge in [-0.3, -0.25) is 9.48 Å². The summed E-state index contributed by atoms with van der Waals surface area (Å²) in [5, 5.41) is 15.3.